The predicted octanol–water partition coefficient (Wildman–Crippen LogP) is 1.71. The molecule has 5 rings (SSSR count). The zero-order valence-electron chi connectivity index (χ0n) is 15.7. The SMILES string of the molecule is COCCNC(=O)[C@@H]1C[C@@H]2CC[C@@H]1C[C@@]21NC(=O)c2ccc(OC)cc2O1. The van der Waals surface area contributed by atoms with E-state index < -0.39 is 5.72 Å². The van der Waals surface area contributed by atoms with Crippen LogP contribution in [0.25, 0.3) is 0 Å². The van der Waals surface area contributed by atoms with Crippen LogP contribution in [0.5, 0.6) is 11.5 Å². The van der Waals surface area contributed by atoms with Crippen molar-refractivity contribution in [3.05, 3.63) is 23.8 Å². The van der Waals surface area contributed by atoms with Crippen molar-refractivity contribution in [2.45, 2.75) is 31.4 Å². The summed E-state index contributed by atoms with van der Waals surface area (Å²) in [7, 11) is 3.21. The van der Waals surface area contributed by atoms with Gasteiger partial charge in [-0.2, -0.15) is 0 Å². The quantitative estimate of drug-likeness (QED) is 0.767. The molecule has 146 valence electrons. The van der Waals surface area contributed by atoms with Gasteiger partial charge in [0.05, 0.1) is 19.3 Å². The van der Waals surface area contributed by atoms with Crippen molar-refractivity contribution in [3.8, 4) is 11.5 Å². The van der Waals surface area contributed by atoms with E-state index in [1.165, 1.54) is 0 Å². The Labute approximate surface area is 158 Å². The van der Waals surface area contributed by atoms with E-state index >= 15 is 0 Å². The van der Waals surface area contributed by atoms with Gasteiger partial charge in [-0.1, -0.05) is 0 Å². The molecule has 3 aliphatic carbocycles. The molecule has 1 aromatic rings. The van der Waals surface area contributed by atoms with Crippen molar-refractivity contribution in [1.82, 2.24) is 10.6 Å². The molecule has 1 heterocycles. The Kier molecular flexibility index (Phi) is 4.72. The minimum absolute atomic E-state index is 0.0292. The van der Waals surface area contributed by atoms with Gasteiger partial charge in [0.25, 0.3) is 5.91 Å². The van der Waals surface area contributed by atoms with Gasteiger partial charge >= 0.3 is 0 Å². The van der Waals surface area contributed by atoms with Crippen molar-refractivity contribution in [1.29, 1.82) is 0 Å². The van der Waals surface area contributed by atoms with Crippen molar-refractivity contribution in [2.75, 3.05) is 27.4 Å². The molecule has 3 saturated carbocycles. The lowest BCUT2D eigenvalue weighted by Gasteiger charge is -2.55. The zero-order valence-corrected chi connectivity index (χ0v) is 15.7. The molecule has 4 atom stereocenters. The zero-order chi connectivity index (χ0) is 19.0. The first-order valence-corrected chi connectivity index (χ1v) is 9.52. The number of hydrogen-bond donors (Lipinski definition) is 2. The minimum atomic E-state index is -0.720. The summed E-state index contributed by atoms with van der Waals surface area (Å²) < 4.78 is 16.6. The average Bonchev–Trinajstić information content (AvgIpc) is 2.67. The molecule has 0 radical (unpaired) electrons. The third kappa shape index (κ3) is 3.14. The molecule has 1 aromatic carbocycles. The van der Waals surface area contributed by atoms with E-state index in [-0.39, 0.29) is 29.6 Å². The summed E-state index contributed by atoms with van der Waals surface area (Å²) in [6.07, 6.45) is 3.32. The van der Waals surface area contributed by atoms with Crippen LogP contribution < -0.4 is 20.1 Å². The molecule has 0 aromatic heterocycles. The summed E-state index contributed by atoms with van der Waals surface area (Å²) in [5.41, 5.74) is -0.195. The fourth-order valence-corrected chi connectivity index (χ4v) is 4.85. The highest BCUT2D eigenvalue weighted by molar-refractivity contribution is 5.98. The summed E-state index contributed by atoms with van der Waals surface area (Å²) in [4.78, 5) is 25.3. The Balaban J connectivity index is 1.53. The Hall–Kier alpha value is -2.28. The number of rotatable bonds is 5. The van der Waals surface area contributed by atoms with Crippen molar-refractivity contribution < 1.29 is 23.8 Å². The van der Waals surface area contributed by atoms with Crippen LogP contribution in [0, 0.1) is 17.8 Å². The summed E-state index contributed by atoms with van der Waals surface area (Å²) in [6, 6.07) is 5.25. The molecule has 27 heavy (non-hydrogen) atoms. The maximum absolute atomic E-state index is 12.7. The number of nitrogens with one attached hydrogen (secondary N) is 2. The fraction of sp³-hybridized carbons (Fsp3) is 0.600. The summed E-state index contributed by atoms with van der Waals surface area (Å²) in [6.45, 7) is 1.03. The van der Waals surface area contributed by atoms with Crippen LogP contribution in [0.4, 0.5) is 0 Å². The van der Waals surface area contributed by atoms with Crippen LogP contribution in [0.3, 0.4) is 0 Å². The minimum Gasteiger partial charge on any atom is -0.497 e. The molecule has 3 fully saturated rings. The summed E-state index contributed by atoms with van der Waals surface area (Å²) in [5.74, 6) is 1.47. The summed E-state index contributed by atoms with van der Waals surface area (Å²) >= 11 is 0. The Bertz CT molecular complexity index is 752. The molecule has 7 heteroatoms. The number of methoxy groups -OCH3 is 2. The predicted molar refractivity (Wildman–Crippen MR) is 97.6 cm³/mol. The van der Waals surface area contributed by atoms with Crippen LogP contribution in [0.1, 0.15) is 36.0 Å². The maximum atomic E-state index is 12.7. The van der Waals surface area contributed by atoms with E-state index in [2.05, 4.69) is 10.6 Å². The number of hydrogen-bond acceptors (Lipinski definition) is 5. The highest BCUT2D eigenvalue weighted by Crippen LogP contribution is 2.52. The van der Waals surface area contributed by atoms with E-state index in [1.54, 1.807) is 32.4 Å². The van der Waals surface area contributed by atoms with Gasteiger partial charge in [0.15, 0.2) is 5.72 Å². The standard InChI is InChI=1S/C20H26N2O5/c1-25-8-7-21-18(23)16-9-13-4-3-12(16)11-20(13)22-19(24)15-6-5-14(26-2)10-17(15)27-20/h5-6,10,12-13,16H,3-4,7-9,11H2,1-2H3,(H,21,23)(H,22,24)/t12-,13+,16-,20+/m1/s1. The van der Waals surface area contributed by atoms with E-state index in [4.69, 9.17) is 14.2 Å². The number of carbonyl (C=O) groups excluding carboxylic acids is 2. The largest absolute Gasteiger partial charge is 0.497 e. The summed E-state index contributed by atoms with van der Waals surface area (Å²) in [5, 5.41) is 6.08. The van der Waals surface area contributed by atoms with Gasteiger partial charge in [-0.05, 0) is 37.3 Å². The molecule has 1 spiro atoms. The second-order valence-corrected chi connectivity index (χ2v) is 7.67. The van der Waals surface area contributed by atoms with E-state index in [0.29, 0.717) is 36.6 Å². The molecule has 2 N–H and O–H groups in total. The van der Waals surface area contributed by atoms with E-state index in [9.17, 15) is 9.59 Å². The van der Waals surface area contributed by atoms with Crippen LogP contribution >= 0.6 is 0 Å². The number of carbonyl (C=O) groups is 2. The first-order chi connectivity index (χ1) is 13.1. The Morgan fingerprint density at radius 1 is 1.37 bits per heavy atom. The highest BCUT2D eigenvalue weighted by atomic mass is 16.5. The molecule has 0 saturated heterocycles. The monoisotopic (exact) mass is 374 g/mol. The van der Waals surface area contributed by atoms with E-state index in [0.717, 1.165) is 19.3 Å². The van der Waals surface area contributed by atoms with Gasteiger partial charge in [0.1, 0.15) is 11.5 Å². The van der Waals surface area contributed by atoms with Crippen LogP contribution in [-0.4, -0.2) is 44.9 Å². The lowest BCUT2D eigenvalue weighted by Crippen LogP contribution is -2.67. The molecular weight excluding hydrogens is 348 g/mol. The number of benzene rings is 1. The van der Waals surface area contributed by atoms with Gasteiger partial charge in [-0.15, -0.1) is 0 Å². The maximum Gasteiger partial charge on any atom is 0.258 e. The van der Waals surface area contributed by atoms with Crippen LogP contribution in [-0.2, 0) is 9.53 Å². The topological polar surface area (TPSA) is 85.9 Å². The average molecular weight is 374 g/mol. The second-order valence-electron chi connectivity index (χ2n) is 7.67. The first kappa shape index (κ1) is 18.1. The van der Waals surface area contributed by atoms with Gasteiger partial charge in [-0.25, -0.2) is 0 Å². The molecule has 1 aliphatic heterocycles. The van der Waals surface area contributed by atoms with Crippen LogP contribution in [0.15, 0.2) is 18.2 Å². The molecule has 0 unspecified atom stereocenters. The lowest BCUT2D eigenvalue weighted by atomic mass is 9.60. The molecule has 7 nitrogen and oxygen atoms in total. The number of fused-ring (bicyclic) bond motifs is 3. The lowest BCUT2D eigenvalue weighted by molar-refractivity contribution is -0.146. The first-order valence-electron chi connectivity index (χ1n) is 9.52. The van der Waals surface area contributed by atoms with Crippen molar-refractivity contribution in [3.63, 3.8) is 0 Å². The number of amides is 2. The normalized spacial score (nSPS) is 31.0. The van der Waals surface area contributed by atoms with Gasteiger partial charge in [0.2, 0.25) is 5.91 Å². The molecule has 4 aliphatic rings. The fourth-order valence-electron chi connectivity index (χ4n) is 4.85. The second kappa shape index (κ2) is 7.03. The van der Waals surface area contributed by atoms with Gasteiger partial charge in [-0.3, -0.25) is 9.59 Å². The third-order valence-electron chi connectivity index (χ3n) is 6.21. The Morgan fingerprint density at radius 3 is 2.93 bits per heavy atom. The third-order valence-corrected chi connectivity index (χ3v) is 6.21. The molecule has 2 bridgehead atoms. The van der Waals surface area contributed by atoms with E-state index in [1.807, 2.05) is 0 Å². The molecule has 2 amide bonds. The molecular formula is C20H26N2O5. The Morgan fingerprint density at radius 2 is 2.22 bits per heavy atom. The number of ether oxygens (including phenoxy) is 3. The van der Waals surface area contributed by atoms with Gasteiger partial charge in [0, 0.05) is 38.0 Å². The van der Waals surface area contributed by atoms with Crippen molar-refractivity contribution in [2.24, 2.45) is 17.8 Å². The highest BCUT2D eigenvalue weighted by Gasteiger charge is 2.57. The van der Waals surface area contributed by atoms with Crippen LogP contribution in [0.2, 0.25) is 0 Å². The van der Waals surface area contributed by atoms with Crippen molar-refractivity contribution >= 4 is 11.8 Å². The smallest absolute Gasteiger partial charge is 0.258 e. The van der Waals surface area contributed by atoms with Gasteiger partial charge < -0.3 is 24.8 Å².